The van der Waals surface area contributed by atoms with Gasteiger partial charge in [-0.05, 0) is 24.1 Å². The molecule has 1 rings (SSSR count). The van der Waals surface area contributed by atoms with Gasteiger partial charge in [-0.2, -0.15) is 0 Å². The molecular weight excluding hydrogens is 232 g/mol. The molecule has 17 heavy (non-hydrogen) atoms. The molecule has 3 nitrogen and oxygen atoms in total. The first-order valence-corrected chi connectivity index (χ1v) is 6.93. The third kappa shape index (κ3) is 3.69. The summed E-state index contributed by atoms with van der Waals surface area (Å²) in [5.74, 6) is 0.856. The second kappa shape index (κ2) is 6.59. The summed E-state index contributed by atoms with van der Waals surface area (Å²) < 4.78 is 16.6. The van der Waals surface area contributed by atoms with E-state index >= 15 is 0 Å². The van der Waals surface area contributed by atoms with Crippen molar-refractivity contribution in [2.24, 2.45) is 0 Å². The maximum Gasteiger partial charge on any atom is 0.282 e. The van der Waals surface area contributed by atoms with Crippen LogP contribution in [0.2, 0.25) is 0 Å². The summed E-state index contributed by atoms with van der Waals surface area (Å²) in [6.45, 7) is 5.75. The van der Waals surface area contributed by atoms with Crippen molar-refractivity contribution in [3.8, 4) is 5.75 Å². The van der Waals surface area contributed by atoms with Crippen LogP contribution in [-0.2, 0) is 9.47 Å². The van der Waals surface area contributed by atoms with Crippen molar-refractivity contribution < 1.29 is 13.9 Å². The third-order valence-electron chi connectivity index (χ3n) is 2.86. The summed E-state index contributed by atoms with van der Waals surface area (Å²) in [5, 5.41) is 0. The molecule has 0 bridgehead atoms. The van der Waals surface area contributed by atoms with Crippen LogP contribution in [0.5, 0.6) is 5.75 Å². The average Bonchev–Trinajstić information content (AvgIpc) is 2.41. The highest BCUT2D eigenvalue weighted by Crippen LogP contribution is 2.18. The molecule has 0 N–H and O–H groups in total. The molecule has 0 aliphatic rings. The molecule has 0 radical (unpaired) electrons. The van der Waals surface area contributed by atoms with Crippen LogP contribution in [0.15, 0.2) is 30.8 Å². The third-order valence-corrected chi connectivity index (χ3v) is 4.85. The summed E-state index contributed by atoms with van der Waals surface area (Å²) in [6, 6.07) is 7.83. The molecule has 0 heterocycles. The molecular formula is C13H20O3Si. The lowest BCUT2D eigenvalue weighted by molar-refractivity contribution is -0.150. The molecule has 0 aliphatic carbocycles. The highest BCUT2D eigenvalue weighted by Gasteiger charge is 2.29. The fraction of sp³-hybridized carbons (Fsp3) is 0.385. The minimum atomic E-state index is -0.969. The lowest BCUT2D eigenvalue weighted by Crippen LogP contribution is -2.42. The zero-order chi connectivity index (χ0) is 12.7. The molecule has 0 spiro atoms. The Bertz CT molecular complexity index is 336. The quantitative estimate of drug-likeness (QED) is 0.550. The highest BCUT2D eigenvalue weighted by molar-refractivity contribution is 6.32. The Morgan fingerprint density at radius 2 is 1.82 bits per heavy atom. The predicted octanol–water partition coefficient (Wildman–Crippen LogP) is 2.15. The largest absolute Gasteiger partial charge is 0.543 e. The number of ether oxygens (including phenoxy) is 2. The van der Waals surface area contributed by atoms with Gasteiger partial charge in [0, 0.05) is 14.2 Å². The fourth-order valence-corrected chi connectivity index (χ4v) is 2.50. The van der Waals surface area contributed by atoms with Crippen LogP contribution in [0, 0.1) is 0 Å². The Morgan fingerprint density at radius 3 is 2.24 bits per heavy atom. The van der Waals surface area contributed by atoms with Crippen LogP contribution < -0.4 is 4.43 Å². The van der Waals surface area contributed by atoms with E-state index in [1.807, 2.05) is 37.3 Å². The molecule has 0 saturated carbocycles. The number of hydrogen-bond donors (Lipinski definition) is 0. The number of benzene rings is 1. The molecule has 0 saturated heterocycles. The van der Waals surface area contributed by atoms with Crippen molar-refractivity contribution in [3.63, 3.8) is 0 Å². The summed E-state index contributed by atoms with van der Waals surface area (Å²) >= 11 is 0. The van der Waals surface area contributed by atoms with Gasteiger partial charge in [-0.25, -0.2) is 0 Å². The zero-order valence-electron chi connectivity index (χ0n) is 10.7. The van der Waals surface area contributed by atoms with Gasteiger partial charge >= 0.3 is 0 Å². The van der Waals surface area contributed by atoms with Gasteiger partial charge in [-0.15, -0.1) is 0 Å². The topological polar surface area (TPSA) is 27.7 Å². The standard InChI is InChI=1S/C13H20O3Si/c1-5-11-7-9-12(10-8-11)16-17-13(6-2,14-3)15-4/h5,7-10H,1,6,17H2,2-4H3. The SMILES string of the molecule is C=Cc1ccc(O[SiH2]C(CC)(OC)OC)cc1. The maximum atomic E-state index is 5.80. The van der Waals surface area contributed by atoms with E-state index in [2.05, 4.69) is 6.58 Å². The van der Waals surface area contributed by atoms with E-state index in [-0.39, 0.29) is 0 Å². The molecule has 0 aliphatic heterocycles. The predicted molar refractivity (Wildman–Crippen MR) is 72.7 cm³/mol. The van der Waals surface area contributed by atoms with Crippen LogP contribution in [0.1, 0.15) is 18.9 Å². The average molecular weight is 252 g/mol. The van der Waals surface area contributed by atoms with Gasteiger partial charge in [0.2, 0.25) is 0 Å². The summed E-state index contributed by atoms with van der Waals surface area (Å²) in [6.07, 6.45) is 2.60. The van der Waals surface area contributed by atoms with E-state index in [1.165, 1.54) is 0 Å². The number of rotatable bonds is 7. The van der Waals surface area contributed by atoms with Gasteiger partial charge in [0.1, 0.15) is 5.75 Å². The molecule has 0 atom stereocenters. The van der Waals surface area contributed by atoms with Crippen LogP contribution in [0.25, 0.3) is 6.08 Å². The molecule has 1 aromatic rings. The van der Waals surface area contributed by atoms with Crippen LogP contribution in [0.3, 0.4) is 0 Å². The molecule has 0 unspecified atom stereocenters. The van der Waals surface area contributed by atoms with E-state index in [1.54, 1.807) is 14.2 Å². The summed E-state index contributed by atoms with van der Waals surface area (Å²) in [4.78, 5) is 0. The van der Waals surface area contributed by atoms with Crippen molar-refractivity contribution in [2.45, 2.75) is 18.8 Å². The Labute approximate surface area is 105 Å². The molecule has 4 heteroatoms. The molecule has 94 valence electrons. The maximum absolute atomic E-state index is 5.80. The Hall–Kier alpha value is -1.10. The second-order valence-corrected chi connectivity index (χ2v) is 5.39. The second-order valence-electron chi connectivity index (χ2n) is 3.73. The van der Waals surface area contributed by atoms with Crippen molar-refractivity contribution in [2.75, 3.05) is 14.2 Å². The zero-order valence-corrected chi connectivity index (χ0v) is 12.1. The van der Waals surface area contributed by atoms with Crippen LogP contribution in [-0.4, -0.2) is 29.4 Å². The van der Waals surface area contributed by atoms with Crippen molar-refractivity contribution in [3.05, 3.63) is 36.4 Å². The number of hydrogen-bond acceptors (Lipinski definition) is 3. The highest BCUT2D eigenvalue weighted by atomic mass is 28.2. The first kappa shape index (κ1) is 14.0. The smallest absolute Gasteiger partial charge is 0.282 e. The Kier molecular flexibility index (Phi) is 5.41. The molecule has 0 fully saturated rings. The fourth-order valence-electron chi connectivity index (χ4n) is 1.49. The summed E-state index contributed by atoms with van der Waals surface area (Å²) in [7, 11) is 2.35. The lowest BCUT2D eigenvalue weighted by Gasteiger charge is -2.28. The first-order valence-electron chi connectivity index (χ1n) is 5.65. The van der Waals surface area contributed by atoms with E-state index in [0.29, 0.717) is 0 Å². The Balaban J connectivity index is 2.62. The minimum Gasteiger partial charge on any atom is -0.543 e. The van der Waals surface area contributed by atoms with Crippen LogP contribution >= 0.6 is 0 Å². The van der Waals surface area contributed by atoms with E-state index in [9.17, 15) is 0 Å². The minimum absolute atomic E-state index is 0.531. The van der Waals surface area contributed by atoms with Gasteiger partial charge in [-0.3, -0.25) is 0 Å². The lowest BCUT2D eigenvalue weighted by atomic mass is 10.2. The van der Waals surface area contributed by atoms with E-state index in [0.717, 1.165) is 17.7 Å². The summed E-state index contributed by atoms with van der Waals surface area (Å²) in [5.41, 5.74) is 0.552. The van der Waals surface area contributed by atoms with Gasteiger partial charge in [0.05, 0.1) is 0 Å². The normalized spacial score (nSPS) is 11.9. The van der Waals surface area contributed by atoms with Crippen molar-refractivity contribution in [1.82, 2.24) is 0 Å². The molecule has 0 amide bonds. The van der Waals surface area contributed by atoms with E-state index < -0.39 is 15.2 Å². The van der Waals surface area contributed by atoms with Crippen molar-refractivity contribution in [1.29, 1.82) is 0 Å². The Morgan fingerprint density at radius 1 is 1.24 bits per heavy atom. The molecule has 0 aromatic heterocycles. The van der Waals surface area contributed by atoms with Gasteiger partial charge < -0.3 is 13.9 Å². The van der Waals surface area contributed by atoms with Crippen LogP contribution in [0.4, 0.5) is 0 Å². The first-order chi connectivity index (χ1) is 8.19. The monoisotopic (exact) mass is 252 g/mol. The van der Waals surface area contributed by atoms with Gasteiger partial charge in [-0.1, -0.05) is 31.7 Å². The number of methoxy groups -OCH3 is 2. The van der Waals surface area contributed by atoms with E-state index in [4.69, 9.17) is 13.9 Å². The molecule has 1 aromatic carbocycles. The van der Waals surface area contributed by atoms with Gasteiger partial charge in [0.15, 0.2) is 5.41 Å². The van der Waals surface area contributed by atoms with Gasteiger partial charge in [0.25, 0.3) is 9.76 Å². The van der Waals surface area contributed by atoms with Crippen molar-refractivity contribution >= 4 is 15.8 Å².